The molecular weight excluding hydrogens is 218 g/mol. The van der Waals surface area contributed by atoms with Gasteiger partial charge >= 0.3 is 0 Å². The third-order valence-corrected chi connectivity index (χ3v) is 2.55. The van der Waals surface area contributed by atoms with Gasteiger partial charge in [-0.2, -0.15) is 0 Å². The Morgan fingerprint density at radius 3 is 2.59 bits per heavy atom. The van der Waals surface area contributed by atoms with Crippen LogP contribution in [0, 0.1) is 0 Å². The molecule has 0 saturated heterocycles. The number of methoxy groups -OCH3 is 1. The van der Waals surface area contributed by atoms with Crippen molar-refractivity contribution in [2.75, 3.05) is 20.3 Å². The van der Waals surface area contributed by atoms with Crippen molar-refractivity contribution < 1.29 is 14.6 Å². The molecule has 0 heterocycles. The van der Waals surface area contributed by atoms with Crippen LogP contribution in [0.15, 0.2) is 18.2 Å². The van der Waals surface area contributed by atoms with Crippen molar-refractivity contribution in [3.05, 3.63) is 23.8 Å². The number of hydrogen-bond donors (Lipinski definition) is 2. The summed E-state index contributed by atoms with van der Waals surface area (Å²) in [4.78, 5) is 0. The molecule has 4 heteroatoms. The first kappa shape index (κ1) is 13.8. The maximum atomic E-state index is 9.04. The number of aliphatic hydroxyl groups excluding tert-OH is 1. The third-order valence-electron chi connectivity index (χ3n) is 2.55. The lowest BCUT2D eigenvalue weighted by atomic mass is 10.1. The summed E-state index contributed by atoms with van der Waals surface area (Å²) in [5.41, 5.74) is 6.24. The normalized spacial score (nSPS) is 14.2. The first-order valence-corrected chi connectivity index (χ1v) is 5.72. The van der Waals surface area contributed by atoms with E-state index in [1.54, 1.807) is 14.0 Å². The van der Waals surface area contributed by atoms with Gasteiger partial charge in [0.15, 0.2) is 11.5 Å². The van der Waals surface area contributed by atoms with Crippen LogP contribution in [-0.4, -0.2) is 31.0 Å². The number of ether oxygens (including phenoxy) is 2. The van der Waals surface area contributed by atoms with Gasteiger partial charge in [-0.25, -0.2) is 0 Å². The van der Waals surface area contributed by atoms with Crippen LogP contribution in [-0.2, 0) is 6.42 Å². The lowest BCUT2D eigenvalue weighted by molar-refractivity contribution is 0.143. The van der Waals surface area contributed by atoms with Crippen LogP contribution in [0.25, 0.3) is 0 Å². The highest BCUT2D eigenvalue weighted by Gasteiger charge is 2.19. The smallest absolute Gasteiger partial charge is 0.161 e. The largest absolute Gasteiger partial charge is 0.493 e. The summed E-state index contributed by atoms with van der Waals surface area (Å²) in [5, 5.41) is 9.04. The Balaban J connectivity index is 2.77. The molecule has 0 bridgehead atoms. The molecule has 17 heavy (non-hydrogen) atoms. The molecule has 0 saturated carbocycles. The molecule has 0 amide bonds. The van der Waals surface area contributed by atoms with Gasteiger partial charge in [0, 0.05) is 0 Å². The molecular formula is C13H21NO3. The fourth-order valence-corrected chi connectivity index (χ4v) is 1.34. The summed E-state index contributed by atoms with van der Waals surface area (Å²) < 4.78 is 10.8. The van der Waals surface area contributed by atoms with E-state index in [1.807, 2.05) is 18.2 Å². The van der Waals surface area contributed by atoms with Crippen LogP contribution in [0.3, 0.4) is 0 Å². The van der Waals surface area contributed by atoms with Crippen molar-refractivity contribution in [2.24, 2.45) is 5.73 Å². The average molecular weight is 239 g/mol. The fourth-order valence-electron chi connectivity index (χ4n) is 1.34. The summed E-state index contributed by atoms with van der Waals surface area (Å²) in [6, 6.07) is 5.80. The van der Waals surface area contributed by atoms with Gasteiger partial charge in [0.2, 0.25) is 0 Å². The lowest BCUT2D eigenvalue weighted by Crippen LogP contribution is -2.45. The summed E-state index contributed by atoms with van der Waals surface area (Å²) in [7, 11) is 1.61. The molecule has 1 unspecified atom stereocenters. The molecule has 96 valence electrons. The Hall–Kier alpha value is -1.26. The second kappa shape index (κ2) is 5.89. The maximum absolute atomic E-state index is 9.04. The minimum absolute atomic E-state index is 0.123. The van der Waals surface area contributed by atoms with Crippen molar-refractivity contribution >= 4 is 0 Å². The standard InChI is InChI=1S/C13H21NO3/c1-4-10-5-6-11(12(7-10)16-3)17-9-13(2,14)8-15/h5-7,15H,4,8-9,14H2,1-3H3. The lowest BCUT2D eigenvalue weighted by Gasteiger charge is -2.22. The second-order valence-corrected chi connectivity index (χ2v) is 4.44. The molecule has 1 aromatic rings. The Labute approximate surface area is 102 Å². The molecule has 0 aliphatic carbocycles. The van der Waals surface area contributed by atoms with E-state index in [9.17, 15) is 0 Å². The molecule has 4 nitrogen and oxygen atoms in total. The summed E-state index contributed by atoms with van der Waals surface area (Å²) in [5.74, 6) is 1.34. The van der Waals surface area contributed by atoms with Crippen LogP contribution in [0.5, 0.6) is 11.5 Å². The molecule has 0 aliphatic rings. The number of hydrogen-bond acceptors (Lipinski definition) is 4. The quantitative estimate of drug-likeness (QED) is 0.786. The van der Waals surface area contributed by atoms with Crippen molar-refractivity contribution in [3.63, 3.8) is 0 Å². The van der Waals surface area contributed by atoms with Crippen LogP contribution in [0.2, 0.25) is 0 Å². The number of rotatable bonds is 6. The molecule has 0 aliphatic heterocycles. The Kier molecular flexibility index (Phi) is 4.78. The van der Waals surface area contributed by atoms with E-state index in [1.165, 1.54) is 5.56 Å². The Morgan fingerprint density at radius 1 is 1.35 bits per heavy atom. The van der Waals surface area contributed by atoms with Gasteiger partial charge in [0.25, 0.3) is 0 Å². The molecule has 1 atom stereocenters. The number of benzene rings is 1. The average Bonchev–Trinajstić information content (AvgIpc) is 2.36. The van der Waals surface area contributed by atoms with Crippen molar-refractivity contribution in [1.82, 2.24) is 0 Å². The van der Waals surface area contributed by atoms with Gasteiger partial charge in [-0.1, -0.05) is 13.0 Å². The zero-order valence-electron chi connectivity index (χ0n) is 10.7. The molecule has 0 spiro atoms. The van der Waals surface area contributed by atoms with Gasteiger partial charge in [-0.05, 0) is 31.0 Å². The fraction of sp³-hybridized carbons (Fsp3) is 0.538. The molecule has 0 fully saturated rings. The highest BCUT2D eigenvalue weighted by molar-refractivity contribution is 5.43. The maximum Gasteiger partial charge on any atom is 0.161 e. The highest BCUT2D eigenvalue weighted by Crippen LogP contribution is 2.28. The highest BCUT2D eigenvalue weighted by atomic mass is 16.5. The Morgan fingerprint density at radius 2 is 2.06 bits per heavy atom. The van der Waals surface area contributed by atoms with Crippen LogP contribution >= 0.6 is 0 Å². The number of aryl methyl sites for hydroxylation is 1. The zero-order valence-corrected chi connectivity index (χ0v) is 10.7. The monoisotopic (exact) mass is 239 g/mol. The van der Waals surface area contributed by atoms with Gasteiger partial charge in [-0.3, -0.25) is 0 Å². The van der Waals surface area contributed by atoms with Gasteiger partial charge < -0.3 is 20.3 Å². The molecule has 1 rings (SSSR count). The summed E-state index contributed by atoms with van der Waals surface area (Å²) in [6.45, 7) is 3.94. The summed E-state index contributed by atoms with van der Waals surface area (Å²) >= 11 is 0. The molecule has 1 aromatic carbocycles. The molecule has 0 aromatic heterocycles. The van der Waals surface area contributed by atoms with Crippen molar-refractivity contribution in [2.45, 2.75) is 25.8 Å². The predicted octanol–water partition coefficient (Wildman–Crippen LogP) is 1.35. The summed E-state index contributed by atoms with van der Waals surface area (Å²) in [6.07, 6.45) is 0.946. The van der Waals surface area contributed by atoms with Crippen molar-refractivity contribution in [3.8, 4) is 11.5 Å². The third kappa shape index (κ3) is 3.91. The van der Waals surface area contributed by atoms with E-state index in [4.69, 9.17) is 20.3 Å². The van der Waals surface area contributed by atoms with E-state index in [0.717, 1.165) is 6.42 Å². The zero-order chi connectivity index (χ0) is 12.9. The van der Waals surface area contributed by atoms with E-state index in [-0.39, 0.29) is 13.2 Å². The predicted molar refractivity (Wildman–Crippen MR) is 67.5 cm³/mol. The minimum Gasteiger partial charge on any atom is -0.493 e. The van der Waals surface area contributed by atoms with Gasteiger partial charge in [0.1, 0.15) is 6.61 Å². The second-order valence-electron chi connectivity index (χ2n) is 4.44. The topological polar surface area (TPSA) is 64.7 Å². The Bertz CT molecular complexity index is 364. The minimum atomic E-state index is -0.742. The van der Waals surface area contributed by atoms with Crippen LogP contribution in [0.4, 0.5) is 0 Å². The van der Waals surface area contributed by atoms with E-state index in [2.05, 4.69) is 6.92 Å². The van der Waals surface area contributed by atoms with E-state index >= 15 is 0 Å². The van der Waals surface area contributed by atoms with E-state index in [0.29, 0.717) is 11.5 Å². The first-order valence-electron chi connectivity index (χ1n) is 5.72. The molecule has 3 N–H and O–H groups in total. The van der Waals surface area contributed by atoms with Gasteiger partial charge in [0.05, 0.1) is 19.3 Å². The first-order chi connectivity index (χ1) is 8.02. The van der Waals surface area contributed by atoms with Crippen LogP contribution in [0.1, 0.15) is 19.4 Å². The SMILES string of the molecule is CCc1ccc(OCC(C)(N)CO)c(OC)c1. The van der Waals surface area contributed by atoms with Crippen molar-refractivity contribution in [1.29, 1.82) is 0 Å². The molecule has 0 radical (unpaired) electrons. The van der Waals surface area contributed by atoms with E-state index < -0.39 is 5.54 Å². The van der Waals surface area contributed by atoms with Crippen LogP contribution < -0.4 is 15.2 Å². The number of nitrogens with two attached hydrogens (primary N) is 1. The number of aliphatic hydroxyl groups is 1. The van der Waals surface area contributed by atoms with Gasteiger partial charge in [-0.15, -0.1) is 0 Å².